The van der Waals surface area contributed by atoms with Crippen LogP contribution in [0.15, 0.2) is 18.2 Å². The Labute approximate surface area is 101 Å². The summed E-state index contributed by atoms with van der Waals surface area (Å²) in [5.41, 5.74) is 1.07. The van der Waals surface area contributed by atoms with Gasteiger partial charge in [-0.2, -0.15) is 0 Å². The quantitative estimate of drug-likeness (QED) is 0.722. The number of rotatable bonds is 4. The Balaban J connectivity index is 3.01. The Hall–Kier alpha value is -0.400. The Morgan fingerprint density at radius 3 is 2.47 bits per heavy atom. The van der Waals surface area contributed by atoms with Crippen molar-refractivity contribution < 1.29 is 4.74 Å². The zero-order chi connectivity index (χ0) is 11.5. The third-order valence-electron chi connectivity index (χ3n) is 2.35. The predicted octanol–water partition coefficient (Wildman–Crippen LogP) is 4.26. The highest BCUT2D eigenvalue weighted by Gasteiger charge is 2.20. The van der Waals surface area contributed by atoms with Crippen molar-refractivity contribution in [3.8, 4) is 5.75 Å². The molecule has 0 N–H and O–H groups in total. The highest BCUT2D eigenvalue weighted by molar-refractivity contribution is 6.32. The number of benzene rings is 1. The van der Waals surface area contributed by atoms with Crippen LogP contribution in [0.4, 0.5) is 0 Å². The minimum Gasteiger partial charge on any atom is -0.492 e. The molecule has 0 unspecified atom stereocenters. The van der Waals surface area contributed by atoms with Crippen LogP contribution < -0.4 is 4.74 Å². The summed E-state index contributed by atoms with van der Waals surface area (Å²) in [6, 6.07) is 5.84. The van der Waals surface area contributed by atoms with Gasteiger partial charge in [0.25, 0.3) is 0 Å². The zero-order valence-electron chi connectivity index (χ0n) is 9.31. The Morgan fingerprint density at radius 1 is 1.33 bits per heavy atom. The van der Waals surface area contributed by atoms with E-state index in [2.05, 4.69) is 13.8 Å². The summed E-state index contributed by atoms with van der Waals surface area (Å²) in [5.74, 6) is 1.30. The van der Waals surface area contributed by atoms with E-state index >= 15 is 0 Å². The molecule has 0 saturated heterocycles. The standard InChI is InChI=1S/C12H16Cl2O/c1-4-15-11-6-5-9(7-10(11)14)12(2,3)8-13/h5-7H,4,8H2,1-3H3. The third kappa shape index (κ3) is 3.02. The molecule has 0 aliphatic rings. The minimum atomic E-state index is -0.0596. The van der Waals surface area contributed by atoms with Gasteiger partial charge in [-0.15, -0.1) is 11.6 Å². The lowest BCUT2D eigenvalue weighted by Crippen LogP contribution is -2.18. The molecule has 1 rings (SSSR count). The molecule has 0 bridgehead atoms. The Morgan fingerprint density at radius 2 is 2.00 bits per heavy atom. The van der Waals surface area contributed by atoms with Gasteiger partial charge in [-0.3, -0.25) is 0 Å². The molecule has 0 radical (unpaired) electrons. The SMILES string of the molecule is CCOc1ccc(C(C)(C)CCl)cc1Cl. The van der Waals surface area contributed by atoms with Crippen LogP contribution in [-0.4, -0.2) is 12.5 Å². The highest BCUT2D eigenvalue weighted by Crippen LogP contribution is 2.32. The van der Waals surface area contributed by atoms with Crippen LogP contribution in [0.1, 0.15) is 26.3 Å². The second-order valence-corrected chi connectivity index (χ2v) is 4.77. The summed E-state index contributed by atoms with van der Waals surface area (Å²) < 4.78 is 5.37. The first kappa shape index (κ1) is 12.7. The lowest BCUT2D eigenvalue weighted by Gasteiger charge is -2.22. The molecule has 84 valence electrons. The molecule has 1 aromatic rings. The molecule has 0 amide bonds. The Bertz CT molecular complexity index is 334. The average molecular weight is 247 g/mol. The van der Waals surface area contributed by atoms with E-state index in [0.717, 1.165) is 11.3 Å². The van der Waals surface area contributed by atoms with Crippen LogP contribution >= 0.6 is 23.2 Å². The molecule has 3 heteroatoms. The molecule has 0 spiro atoms. The molecular formula is C12H16Cl2O. The van der Waals surface area contributed by atoms with Gasteiger partial charge in [0.05, 0.1) is 11.6 Å². The monoisotopic (exact) mass is 246 g/mol. The van der Waals surface area contributed by atoms with E-state index in [-0.39, 0.29) is 5.41 Å². The van der Waals surface area contributed by atoms with Crippen LogP contribution in [0.25, 0.3) is 0 Å². The maximum atomic E-state index is 6.10. The van der Waals surface area contributed by atoms with Gasteiger partial charge in [-0.05, 0) is 24.6 Å². The smallest absolute Gasteiger partial charge is 0.137 e. The van der Waals surface area contributed by atoms with Crippen LogP contribution in [0.2, 0.25) is 5.02 Å². The Kier molecular flexibility index (Phi) is 4.30. The van der Waals surface area contributed by atoms with E-state index in [1.165, 1.54) is 0 Å². The van der Waals surface area contributed by atoms with E-state index in [1.54, 1.807) is 0 Å². The normalized spacial score (nSPS) is 11.5. The maximum absolute atomic E-state index is 6.10. The first-order chi connectivity index (χ1) is 7.01. The topological polar surface area (TPSA) is 9.23 Å². The van der Waals surface area contributed by atoms with Gasteiger partial charge < -0.3 is 4.74 Å². The summed E-state index contributed by atoms with van der Waals surface area (Å²) in [4.78, 5) is 0. The summed E-state index contributed by atoms with van der Waals surface area (Å²) >= 11 is 12.0. The molecule has 0 heterocycles. The summed E-state index contributed by atoms with van der Waals surface area (Å²) in [6.07, 6.45) is 0. The van der Waals surface area contributed by atoms with Gasteiger partial charge >= 0.3 is 0 Å². The van der Waals surface area contributed by atoms with Crippen molar-refractivity contribution in [1.29, 1.82) is 0 Å². The van der Waals surface area contributed by atoms with E-state index in [1.807, 2.05) is 25.1 Å². The second kappa shape index (κ2) is 5.09. The number of ether oxygens (including phenoxy) is 1. The second-order valence-electron chi connectivity index (χ2n) is 4.10. The lowest BCUT2D eigenvalue weighted by molar-refractivity contribution is 0.340. The van der Waals surface area contributed by atoms with E-state index in [4.69, 9.17) is 27.9 Å². The molecule has 0 fully saturated rings. The fourth-order valence-electron chi connectivity index (χ4n) is 1.27. The van der Waals surface area contributed by atoms with Crippen molar-refractivity contribution in [2.24, 2.45) is 0 Å². The molecule has 0 aliphatic heterocycles. The number of hydrogen-bond donors (Lipinski definition) is 0. The molecule has 1 aromatic carbocycles. The van der Waals surface area contributed by atoms with Crippen LogP contribution in [0.3, 0.4) is 0 Å². The van der Waals surface area contributed by atoms with Crippen molar-refractivity contribution in [2.75, 3.05) is 12.5 Å². The first-order valence-electron chi connectivity index (χ1n) is 5.00. The van der Waals surface area contributed by atoms with Gasteiger partial charge in [0, 0.05) is 11.3 Å². The van der Waals surface area contributed by atoms with Crippen molar-refractivity contribution in [2.45, 2.75) is 26.2 Å². The zero-order valence-corrected chi connectivity index (χ0v) is 10.8. The summed E-state index contributed by atoms with van der Waals surface area (Å²) in [6.45, 7) is 6.74. The molecule has 0 saturated carbocycles. The first-order valence-corrected chi connectivity index (χ1v) is 5.91. The van der Waals surface area contributed by atoms with Crippen molar-refractivity contribution in [3.05, 3.63) is 28.8 Å². The summed E-state index contributed by atoms with van der Waals surface area (Å²) in [5, 5.41) is 0.646. The van der Waals surface area contributed by atoms with Gasteiger partial charge in [0.15, 0.2) is 0 Å². The van der Waals surface area contributed by atoms with Gasteiger partial charge in [-0.25, -0.2) is 0 Å². The number of hydrogen-bond acceptors (Lipinski definition) is 1. The fourth-order valence-corrected chi connectivity index (χ4v) is 1.66. The highest BCUT2D eigenvalue weighted by atomic mass is 35.5. The minimum absolute atomic E-state index is 0.0596. The lowest BCUT2D eigenvalue weighted by atomic mass is 9.87. The molecular weight excluding hydrogens is 231 g/mol. The molecule has 0 atom stereocenters. The third-order valence-corrected chi connectivity index (χ3v) is 3.31. The molecule has 0 aromatic heterocycles. The van der Waals surface area contributed by atoms with Gasteiger partial charge in [0.2, 0.25) is 0 Å². The van der Waals surface area contributed by atoms with Crippen LogP contribution in [-0.2, 0) is 5.41 Å². The average Bonchev–Trinajstić information content (AvgIpc) is 2.21. The fraction of sp³-hybridized carbons (Fsp3) is 0.500. The molecule has 15 heavy (non-hydrogen) atoms. The maximum Gasteiger partial charge on any atom is 0.137 e. The van der Waals surface area contributed by atoms with Gasteiger partial charge in [-0.1, -0.05) is 31.5 Å². The molecule has 0 aliphatic carbocycles. The van der Waals surface area contributed by atoms with Crippen LogP contribution in [0, 0.1) is 0 Å². The predicted molar refractivity (Wildman–Crippen MR) is 66.4 cm³/mol. The van der Waals surface area contributed by atoms with E-state index < -0.39 is 0 Å². The van der Waals surface area contributed by atoms with E-state index in [0.29, 0.717) is 17.5 Å². The molecule has 1 nitrogen and oxygen atoms in total. The van der Waals surface area contributed by atoms with E-state index in [9.17, 15) is 0 Å². The van der Waals surface area contributed by atoms with Crippen molar-refractivity contribution in [1.82, 2.24) is 0 Å². The van der Waals surface area contributed by atoms with Crippen LogP contribution in [0.5, 0.6) is 5.75 Å². The van der Waals surface area contributed by atoms with Crippen molar-refractivity contribution >= 4 is 23.2 Å². The summed E-state index contributed by atoms with van der Waals surface area (Å²) in [7, 11) is 0. The number of alkyl halides is 1. The largest absolute Gasteiger partial charge is 0.492 e. The van der Waals surface area contributed by atoms with Gasteiger partial charge in [0.1, 0.15) is 5.75 Å². The van der Waals surface area contributed by atoms with Crippen molar-refractivity contribution in [3.63, 3.8) is 0 Å². The number of halogens is 2.